The van der Waals surface area contributed by atoms with Gasteiger partial charge in [0.25, 0.3) is 0 Å². The number of rotatable bonds is 9. The summed E-state index contributed by atoms with van der Waals surface area (Å²) in [6.45, 7) is 1.29. The summed E-state index contributed by atoms with van der Waals surface area (Å²) in [5.41, 5.74) is 0.982. The molecule has 11 heteroatoms. The minimum Gasteiger partial charge on any atom is -0.461 e. The van der Waals surface area contributed by atoms with Gasteiger partial charge in [0.2, 0.25) is 12.4 Å². The smallest absolute Gasteiger partial charge is 0.338 e. The van der Waals surface area contributed by atoms with Crippen molar-refractivity contribution < 1.29 is 47.6 Å². The van der Waals surface area contributed by atoms with Gasteiger partial charge in [-0.2, -0.15) is 0 Å². The molecule has 5 aromatic rings. The zero-order valence-electron chi connectivity index (χ0n) is 25.6. The average Bonchev–Trinajstić information content (AvgIpc) is 3.11. The van der Waals surface area contributed by atoms with E-state index >= 15 is 0 Å². The van der Waals surface area contributed by atoms with Crippen LogP contribution < -0.4 is 10.4 Å². The summed E-state index contributed by atoms with van der Waals surface area (Å²) in [6.07, 6.45) is -7.54. The van der Waals surface area contributed by atoms with E-state index in [-0.39, 0.29) is 28.0 Å². The Labute approximate surface area is 274 Å². The van der Waals surface area contributed by atoms with Crippen molar-refractivity contribution >= 4 is 28.9 Å². The monoisotopic (exact) mass is 650 g/mol. The Kier molecular flexibility index (Phi) is 9.60. The van der Waals surface area contributed by atoms with Crippen LogP contribution in [0.2, 0.25) is 0 Å². The van der Waals surface area contributed by atoms with Crippen LogP contribution in [-0.2, 0) is 18.9 Å². The van der Waals surface area contributed by atoms with Gasteiger partial charge in [-0.3, -0.25) is 0 Å². The predicted octanol–water partition coefficient (Wildman–Crippen LogP) is 4.87. The number of ether oxygens (including phenoxy) is 5. The Hall–Kier alpha value is -5.78. The zero-order valence-corrected chi connectivity index (χ0v) is 25.6. The number of carbonyl (C=O) groups excluding carboxylic acids is 3. The van der Waals surface area contributed by atoms with Crippen molar-refractivity contribution in [2.75, 3.05) is 6.61 Å². The van der Waals surface area contributed by atoms with Gasteiger partial charge in [-0.25, -0.2) is 19.2 Å². The SMILES string of the molecule is Cc1cc(=O)oc2cc(O[C@H]3O[C@H](COC(=O)c4ccccc4)[C@H](O)[C@H](OC(=O)c4ccccc4)[C@H]3OC(=O)c3ccccc3)ccc12. The molecule has 0 saturated carbocycles. The number of benzene rings is 4. The first-order valence-corrected chi connectivity index (χ1v) is 15.1. The second-order valence-corrected chi connectivity index (χ2v) is 11.0. The summed E-state index contributed by atoms with van der Waals surface area (Å²) in [7, 11) is 0. The van der Waals surface area contributed by atoms with Gasteiger partial charge in [0.1, 0.15) is 30.1 Å². The minimum atomic E-state index is -1.65. The second-order valence-electron chi connectivity index (χ2n) is 11.0. The molecule has 0 bridgehead atoms. The average molecular weight is 651 g/mol. The Morgan fingerprint density at radius 2 is 1.25 bits per heavy atom. The summed E-state index contributed by atoms with van der Waals surface area (Å²) in [4.78, 5) is 51.5. The predicted molar refractivity (Wildman–Crippen MR) is 171 cm³/mol. The topological polar surface area (TPSA) is 148 Å². The largest absolute Gasteiger partial charge is 0.461 e. The molecule has 1 aliphatic rings. The molecule has 244 valence electrons. The van der Waals surface area contributed by atoms with E-state index in [0.29, 0.717) is 10.9 Å². The van der Waals surface area contributed by atoms with Gasteiger partial charge in [0.05, 0.1) is 16.7 Å². The first-order valence-electron chi connectivity index (χ1n) is 15.1. The van der Waals surface area contributed by atoms with Crippen LogP contribution >= 0.6 is 0 Å². The summed E-state index contributed by atoms with van der Waals surface area (Å²) >= 11 is 0. The van der Waals surface area contributed by atoms with Gasteiger partial charge in [-0.15, -0.1) is 0 Å². The molecule has 0 aliphatic carbocycles. The highest BCUT2D eigenvalue weighted by Crippen LogP contribution is 2.31. The van der Waals surface area contributed by atoms with Crippen molar-refractivity contribution in [1.82, 2.24) is 0 Å². The molecule has 1 aliphatic heterocycles. The molecule has 0 amide bonds. The number of aryl methyl sites for hydroxylation is 1. The van der Waals surface area contributed by atoms with Gasteiger partial charge in [-0.05, 0) is 61.0 Å². The first-order chi connectivity index (χ1) is 23.3. The molecule has 48 heavy (non-hydrogen) atoms. The molecule has 11 nitrogen and oxygen atoms in total. The van der Waals surface area contributed by atoms with Crippen LogP contribution in [0.15, 0.2) is 124 Å². The molecule has 1 saturated heterocycles. The maximum atomic E-state index is 13.3. The Bertz CT molecular complexity index is 1960. The maximum Gasteiger partial charge on any atom is 0.338 e. The molecular formula is C37H30O11. The van der Waals surface area contributed by atoms with Crippen LogP contribution in [0.1, 0.15) is 36.6 Å². The summed E-state index contributed by atoms with van der Waals surface area (Å²) in [6, 6.07) is 30.4. The van der Waals surface area contributed by atoms with E-state index in [0.717, 1.165) is 0 Å². The van der Waals surface area contributed by atoms with Crippen LogP contribution in [0, 0.1) is 6.92 Å². The third-order valence-corrected chi connectivity index (χ3v) is 7.69. The van der Waals surface area contributed by atoms with Crippen LogP contribution in [0.5, 0.6) is 5.75 Å². The van der Waals surface area contributed by atoms with Gasteiger partial charge in [0.15, 0.2) is 6.10 Å². The van der Waals surface area contributed by atoms with Crippen molar-refractivity contribution in [3.63, 3.8) is 0 Å². The zero-order chi connectivity index (χ0) is 33.6. The molecule has 0 spiro atoms. The molecule has 5 atom stereocenters. The Morgan fingerprint density at radius 3 is 1.83 bits per heavy atom. The van der Waals surface area contributed by atoms with Crippen molar-refractivity contribution in [2.45, 2.75) is 37.6 Å². The number of aliphatic hydroxyl groups excluding tert-OH is 1. The number of esters is 3. The fourth-order valence-electron chi connectivity index (χ4n) is 5.24. The molecule has 0 unspecified atom stereocenters. The van der Waals surface area contributed by atoms with Crippen LogP contribution in [-0.4, -0.2) is 60.3 Å². The van der Waals surface area contributed by atoms with Crippen molar-refractivity contribution in [1.29, 1.82) is 0 Å². The summed E-state index contributed by atoms with van der Waals surface area (Å²) in [5, 5.41) is 12.2. The first kappa shape index (κ1) is 32.2. The number of carbonyl (C=O) groups is 3. The van der Waals surface area contributed by atoms with E-state index in [1.165, 1.54) is 36.4 Å². The number of hydrogen-bond acceptors (Lipinski definition) is 11. The lowest BCUT2D eigenvalue weighted by Gasteiger charge is -2.42. The molecule has 1 aromatic heterocycles. The normalized spacial score (nSPS) is 20.4. The fraction of sp³-hybridized carbons (Fsp3) is 0.189. The molecule has 6 rings (SSSR count). The second kappa shape index (κ2) is 14.3. The maximum absolute atomic E-state index is 13.3. The van der Waals surface area contributed by atoms with Gasteiger partial charge >= 0.3 is 23.5 Å². The molecule has 0 radical (unpaired) electrons. The highest BCUT2D eigenvalue weighted by Gasteiger charge is 2.51. The van der Waals surface area contributed by atoms with Gasteiger partial charge in [0, 0.05) is 17.5 Å². The lowest BCUT2D eigenvalue weighted by Crippen LogP contribution is -2.62. The van der Waals surface area contributed by atoms with Crippen LogP contribution in [0.25, 0.3) is 11.0 Å². The molecule has 4 aromatic carbocycles. The standard InChI is InChI=1S/C37H30O11/c1-22-19-30(38)45-28-20-26(17-18-27(22)28)44-37-33(48-36(42)25-15-9-4-10-16-25)32(47-35(41)24-13-7-3-8-14-24)31(39)29(46-37)21-43-34(40)23-11-5-2-6-12-23/h2-20,29,31-33,37,39H,21H2,1H3/t29-,31+,32+,33-,37+/m1/s1. The third-order valence-electron chi connectivity index (χ3n) is 7.69. The van der Waals surface area contributed by atoms with Gasteiger partial charge < -0.3 is 33.2 Å². The quantitative estimate of drug-likeness (QED) is 0.132. The molecular weight excluding hydrogens is 620 g/mol. The van der Waals surface area contributed by atoms with E-state index < -0.39 is 60.8 Å². The van der Waals surface area contributed by atoms with E-state index in [1.807, 2.05) is 0 Å². The Morgan fingerprint density at radius 1 is 0.708 bits per heavy atom. The minimum absolute atomic E-state index is 0.145. The van der Waals surface area contributed by atoms with Gasteiger partial charge in [-0.1, -0.05) is 54.6 Å². The highest BCUT2D eigenvalue weighted by molar-refractivity contribution is 5.91. The number of aliphatic hydroxyl groups is 1. The lowest BCUT2D eigenvalue weighted by atomic mass is 9.98. The number of fused-ring (bicyclic) bond motifs is 1. The summed E-state index contributed by atoms with van der Waals surface area (Å²) in [5.74, 6) is -2.16. The van der Waals surface area contributed by atoms with Crippen molar-refractivity contribution in [3.8, 4) is 5.75 Å². The summed E-state index contributed by atoms with van der Waals surface area (Å²) < 4.78 is 34.8. The molecule has 1 N–H and O–H groups in total. The van der Waals surface area contributed by atoms with E-state index in [2.05, 4.69) is 0 Å². The van der Waals surface area contributed by atoms with E-state index in [4.69, 9.17) is 28.1 Å². The van der Waals surface area contributed by atoms with Crippen LogP contribution in [0.4, 0.5) is 0 Å². The van der Waals surface area contributed by atoms with Crippen LogP contribution in [0.3, 0.4) is 0 Å². The van der Waals surface area contributed by atoms with Crippen molar-refractivity contribution in [2.24, 2.45) is 0 Å². The number of hydrogen-bond donors (Lipinski definition) is 1. The highest BCUT2D eigenvalue weighted by atomic mass is 16.7. The molecule has 2 heterocycles. The fourth-order valence-corrected chi connectivity index (χ4v) is 5.24. The third kappa shape index (κ3) is 7.27. The van der Waals surface area contributed by atoms with Crippen molar-refractivity contribution in [3.05, 3.63) is 148 Å². The van der Waals surface area contributed by atoms with E-state index in [1.54, 1.807) is 85.8 Å². The molecule has 1 fully saturated rings. The lowest BCUT2D eigenvalue weighted by molar-refractivity contribution is -0.275. The Balaban J connectivity index is 1.35. The van der Waals surface area contributed by atoms with E-state index in [9.17, 15) is 24.3 Å².